The number of thiophene rings is 1. The van der Waals surface area contributed by atoms with E-state index in [2.05, 4.69) is 43.2 Å². The highest BCUT2D eigenvalue weighted by atomic mass is 32.1. The molecule has 1 aromatic carbocycles. The Morgan fingerprint density at radius 3 is 2.75 bits per heavy atom. The molecule has 4 N–H and O–H groups in total. The number of H-pyrrole nitrogens is 1. The highest BCUT2D eigenvalue weighted by Gasteiger charge is 2.29. The van der Waals surface area contributed by atoms with Gasteiger partial charge in [0, 0.05) is 29.4 Å². The SMILES string of the molecule is CC(C)(C)[C@@H]1CCc2nc3sc(C(=O)CCCC[C@H](CN)c4cccc(NC(=O)c5ccc[nH]5)c4)cc3cc2C1. The maximum absolute atomic E-state index is 13.1. The summed E-state index contributed by atoms with van der Waals surface area (Å²) in [6.45, 7) is 7.50. The summed E-state index contributed by atoms with van der Waals surface area (Å²) in [4.78, 5) is 35.1. The molecule has 0 saturated heterocycles. The lowest BCUT2D eigenvalue weighted by Gasteiger charge is -2.34. The molecule has 0 aliphatic heterocycles. The fraction of sp³-hybridized carbons (Fsp3) is 0.424. The van der Waals surface area contributed by atoms with Crippen molar-refractivity contribution in [2.75, 3.05) is 11.9 Å². The van der Waals surface area contributed by atoms with Crippen LogP contribution in [0.5, 0.6) is 0 Å². The Morgan fingerprint density at radius 2 is 2.00 bits per heavy atom. The van der Waals surface area contributed by atoms with Crippen molar-refractivity contribution < 1.29 is 9.59 Å². The number of pyridine rings is 1. The molecule has 0 radical (unpaired) electrons. The van der Waals surface area contributed by atoms with Crippen LogP contribution in [0.25, 0.3) is 10.2 Å². The molecule has 0 bridgehead atoms. The second-order valence-electron chi connectivity index (χ2n) is 12.2. The van der Waals surface area contributed by atoms with Crippen LogP contribution < -0.4 is 11.1 Å². The van der Waals surface area contributed by atoms with Crippen molar-refractivity contribution >= 4 is 38.9 Å². The standard InChI is InChI=1S/C33H40N4O2S/c1-33(2,3)25-13-14-27-23(17-25)16-24-19-30(40-32(24)37-27)29(38)12-5-4-8-22(20-34)21-9-6-10-26(18-21)36-31(39)28-11-7-15-35-28/h6-7,9-11,15-16,18-19,22,25,35H,4-5,8,12-14,17,20,34H2,1-3H3,(H,36,39)/t22-,25-/m1/s1. The summed E-state index contributed by atoms with van der Waals surface area (Å²) >= 11 is 1.54. The number of aromatic amines is 1. The zero-order valence-corrected chi connectivity index (χ0v) is 24.6. The first kappa shape index (κ1) is 28.2. The zero-order chi connectivity index (χ0) is 28.3. The summed E-state index contributed by atoms with van der Waals surface area (Å²) in [5, 5.41) is 4.05. The summed E-state index contributed by atoms with van der Waals surface area (Å²) in [6.07, 6.45) is 8.18. The Bertz CT molecular complexity index is 1480. The van der Waals surface area contributed by atoms with E-state index in [9.17, 15) is 9.59 Å². The van der Waals surface area contributed by atoms with Gasteiger partial charge in [-0.2, -0.15) is 0 Å². The van der Waals surface area contributed by atoms with Crippen LogP contribution in [-0.2, 0) is 12.8 Å². The molecule has 2 atom stereocenters. The van der Waals surface area contributed by atoms with E-state index in [-0.39, 0.29) is 17.6 Å². The van der Waals surface area contributed by atoms with E-state index in [1.807, 2.05) is 24.3 Å². The highest BCUT2D eigenvalue weighted by molar-refractivity contribution is 7.20. The normalized spacial score (nSPS) is 16.1. The first-order valence-corrected chi connectivity index (χ1v) is 15.2. The molecule has 40 heavy (non-hydrogen) atoms. The van der Waals surface area contributed by atoms with E-state index in [0.717, 1.165) is 58.4 Å². The van der Waals surface area contributed by atoms with E-state index < -0.39 is 0 Å². The van der Waals surface area contributed by atoms with Crippen LogP contribution in [0, 0.1) is 11.3 Å². The van der Waals surface area contributed by atoms with Gasteiger partial charge < -0.3 is 16.0 Å². The van der Waals surface area contributed by atoms with Crippen LogP contribution in [0.2, 0.25) is 0 Å². The molecule has 7 heteroatoms. The lowest BCUT2D eigenvalue weighted by atomic mass is 9.71. The molecular weight excluding hydrogens is 516 g/mol. The number of aromatic nitrogens is 2. The van der Waals surface area contributed by atoms with Gasteiger partial charge in [0.2, 0.25) is 0 Å². The molecule has 0 saturated carbocycles. The van der Waals surface area contributed by atoms with Gasteiger partial charge in [-0.25, -0.2) is 4.98 Å². The van der Waals surface area contributed by atoms with Gasteiger partial charge in [0.25, 0.3) is 5.91 Å². The Morgan fingerprint density at radius 1 is 1.15 bits per heavy atom. The van der Waals surface area contributed by atoms with Crippen molar-refractivity contribution in [3.8, 4) is 0 Å². The molecule has 1 amide bonds. The number of Topliss-reactive ketones (excluding diaryl/α,β-unsaturated/α-hetero) is 1. The molecule has 210 valence electrons. The average molecular weight is 557 g/mol. The molecule has 0 unspecified atom stereocenters. The number of hydrogen-bond donors (Lipinski definition) is 3. The van der Waals surface area contributed by atoms with Crippen LogP contribution in [0.15, 0.2) is 54.7 Å². The maximum Gasteiger partial charge on any atom is 0.272 e. The van der Waals surface area contributed by atoms with Crippen molar-refractivity contribution in [3.63, 3.8) is 0 Å². The summed E-state index contributed by atoms with van der Waals surface area (Å²) in [6, 6.07) is 15.8. The fourth-order valence-corrected chi connectivity index (χ4v) is 6.76. The van der Waals surface area contributed by atoms with Crippen LogP contribution >= 0.6 is 11.3 Å². The van der Waals surface area contributed by atoms with Crippen LogP contribution in [0.4, 0.5) is 5.69 Å². The summed E-state index contributed by atoms with van der Waals surface area (Å²) in [7, 11) is 0. The van der Waals surface area contributed by atoms with E-state index in [1.165, 1.54) is 29.0 Å². The molecule has 0 spiro atoms. The first-order chi connectivity index (χ1) is 19.2. The minimum Gasteiger partial charge on any atom is -0.357 e. The van der Waals surface area contributed by atoms with Gasteiger partial charge >= 0.3 is 0 Å². The number of anilines is 1. The molecule has 6 nitrogen and oxygen atoms in total. The second-order valence-corrected chi connectivity index (χ2v) is 13.2. The lowest BCUT2D eigenvalue weighted by Crippen LogP contribution is -2.27. The van der Waals surface area contributed by atoms with Gasteiger partial charge in [-0.1, -0.05) is 39.3 Å². The molecule has 3 heterocycles. The van der Waals surface area contributed by atoms with Crippen LogP contribution in [0.1, 0.15) is 95.8 Å². The summed E-state index contributed by atoms with van der Waals surface area (Å²) in [5.74, 6) is 0.874. The fourth-order valence-electron chi connectivity index (χ4n) is 5.76. The van der Waals surface area contributed by atoms with Crippen LogP contribution in [-0.4, -0.2) is 28.2 Å². The third-order valence-corrected chi connectivity index (χ3v) is 9.41. The number of carbonyl (C=O) groups is 2. The molecule has 4 aromatic rings. The number of amides is 1. The van der Waals surface area contributed by atoms with E-state index in [4.69, 9.17) is 10.7 Å². The number of unbranched alkanes of at least 4 members (excludes halogenated alkanes) is 1. The number of aryl methyl sites for hydroxylation is 1. The average Bonchev–Trinajstić information content (AvgIpc) is 3.61. The largest absolute Gasteiger partial charge is 0.357 e. The van der Waals surface area contributed by atoms with E-state index in [0.29, 0.717) is 30.0 Å². The Labute approximate surface area is 240 Å². The second kappa shape index (κ2) is 12.1. The summed E-state index contributed by atoms with van der Waals surface area (Å²) < 4.78 is 0. The Hall–Kier alpha value is -3.29. The predicted molar refractivity (Wildman–Crippen MR) is 164 cm³/mol. The zero-order valence-electron chi connectivity index (χ0n) is 23.8. The minimum absolute atomic E-state index is 0.171. The number of rotatable bonds is 10. The number of benzene rings is 1. The number of carbonyl (C=O) groups excluding carboxylic acids is 2. The molecule has 5 rings (SSSR count). The molecule has 1 aliphatic carbocycles. The number of hydrogen-bond acceptors (Lipinski definition) is 5. The van der Waals surface area contributed by atoms with Gasteiger partial charge in [0.05, 0.1) is 4.88 Å². The lowest BCUT2D eigenvalue weighted by molar-refractivity contribution is 0.0981. The quantitative estimate of drug-likeness (QED) is 0.139. The van der Waals surface area contributed by atoms with E-state index in [1.54, 1.807) is 18.3 Å². The molecule has 3 aromatic heterocycles. The van der Waals surface area contributed by atoms with Gasteiger partial charge in [-0.3, -0.25) is 9.59 Å². The van der Waals surface area contributed by atoms with Crippen molar-refractivity contribution in [2.24, 2.45) is 17.1 Å². The molecule has 1 aliphatic rings. The maximum atomic E-state index is 13.1. The smallest absolute Gasteiger partial charge is 0.272 e. The van der Waals surface area contributed by atoms with Crippen molar-refractivity contribution in [3.05, 3.63) is 82.1 Å². The molecular formula is C33H40N4O2S. The van der Waals surface area contributed by atoms with Crippen molar-refractivity contribution in [2.45, 2.75) is 71.6 Å². The Kier molecular flexibility index (Phi) is 8.52. The van der Waals surface area contributed by atoms with Crippen molar-refractivity contribution in [1.29, 1.82) is 0 Å². The summed E-state index contributed by atoms with van der Waals surface area (Å²) in [5.41, 5.74) is 11.4. The molecule has 0 fully saturated rings. The van der Waals surface area contributed by atoms with Gasteiger partial charge in [0.15, 0.2) is 5.78 Å². The van der Waals surface area contributed by atoms with Crippen molar-refractivity contribution in [1.82, 2.24) is 9.97 Å². The Balaban J connectivity index is 1.15. The van der Waals surface area contributed by atoms with Gasteiger partial charge in [-0.05, 0) is 103 Å². The predicted octanol–water partition coefficient (Wildman–Crippen LogP) is 7.51. The highest BCUT2D eigenvalue weighted by Crippen LogP contribution is 2.38. The topological polar surface area (TPSA) is 101 Å². The van der Waals surface area contributed by atoms with E-state index >= 15 is 0 Å². The number of ketones is 1. The van der Waals surface area contributed by atoms with Crippen LogP contribution in [0.3, 0.4) is 0 Å². The number of nitrogens with zero attached hydrogens (tertiary/aromatic N) is 1. The third-order valence-electron chi connectivity index (χ3n) is 8.32. The minimum atomic E-state index is -0.171. The first-order valence-electron chi connectivity index (χ1n) is 14.4. The monoisotopic (exact) mass is 556 g/mol. The number of fused-ring (bicyclic) bond motifs is 2. The van der Waals surface area contributed by atoms with Gasteiger partial charge in [-0.15, -0.1) is 11.3 Å². The number of nitrogens with two attached hydrogens (primary N) is 1. The third kappa shape index (κ3) is 6.53. The number of nitrogens with one attached hydrogen (secondary N) is 2. The van der Waals surface area contributed by atoms with Gasteiger partial charge in [0.1, 0.15) is 10.5 Å².